The van der Waals surface area contributed by atoms with Crippen molar-refractivity contribution in [3.63, 3.8) is 0 Å². The first-order valence-corrected chi connectivity index (χ1v) is 11.0. The zero-order chi connectivity index (χ0) is 19.2. The van der Waals surface area contributed by atoms with Gasteiger partial charge in [-0.05, 0) is 30.9 Å². The van der Waals surface area contributed by atoms with E-state index in [4.69, 9.17) is 0 Å². The van der Waals surface area contributed by atoms with Crippen LogP contribution in [0.5, 0.6) is 0 Å². The molecule has 0 spiro atoms. The second-order valence-electron chi connectivity index (χ2n) is 6.98. The van der Waals surface area contributed by atoms with Gasteiger partial charge in [-0.15, -0.1) is 10.2 Å². The fourth-order valence-electron chi connectivity index (χ4n) is 2.84. The Bertz CT molecular complexity index is 1020. The van der Waals surface area contributed by atoms with Gasteiger partial charge in [-0.2, -0.15) is 0 Å². The van der Waals surface area contributed by atoms with Crippen LogP contribution in [-0.2, 0) is 14.8 Å². The first-order valence-electron chi connectivity index (χ1n) is 8.69. The summed E-state index contributed by atoms with van der Waals surface area (Å²) in [5.74, 6) is 0.194. The molecule has 1 saturated carbocycles. The average Bonchev–Trinajstić information content (AvgIpc) is 3.31. The van der Waals surface area contributed by atoms with Gasteiger partial charge in [0.15, 0.2) is 0 Å². The lowest BCUT2D eigenvalue weighted by atomic mass is 10.0. The van der Waals surface area contributed by atoms with Crippen LogP contribution in [0, 0.1) is 5.92 Å². The highest BCUT2D eigenvalue weighted by molar-refractivity contribution is 7.90. The molecular formula is C17H19N5O3S2. The molecule has 1 aromatic heterocycles. The van der Waals surface area contributed by atoms with Crippen LogP contribution >= 0.6 is 11.3 Å². The number of carbonyl (C=O) groups is 1. The Hall–Kier alpha value is -2.33. The highest BCUT2D eigenvalue weighted by Crippen LogP contribution is 2.42. The van der Waals surface area contributed by atoms with Crippen LogP contribution in [0.1, 0.15) is 43.2 Å². The minimum atomic E-state index is -3.64. The van der Waals surface area contributed by atoms with E-state index in [1.54, 1.807) is 18.2 Å². The largest absolute Gasteiger partial charge is 0.299 e. The number of amides is 1. The van der Waals surface area contributed by atoms with Gasteiger partial charge in [0.2, 0.25) is 5.13 Å². The normalized spacial score (nSPS) is 20.3. The minimum Gasteiger partial charge on any atom is -0.299 e. The number of hydrogen-bond donors (Lipinski definition) is 2. The monoisotopic (exact) mass is 405 g/mol. The molecule has 1 atom stereocenters. The third-order valence-electron chi connectivity index (χ3n) is 4.43. The van der Waals surface area contributed by atoms with E-state index < -0.39 is 16.1 Å². The molecule has 0 saturated heterocycles. The number of rotatable bonds is 5. The summed E-state index contributed by atoms with van der Waals surface area (Å²) in [6.45, 7) is 3.72. The minimum absolute atomic E-state index is 0.134. The number of carbonyl (C=O) groups excluding carboxylic acids is 1. The Balaban J connectivity index is 1.59. The Morgan fingerprint density at radius 3 is 2.74 bits per heavy atom. The van der Waals surface area contributed by atoms with Gasteiger partial charge >= 0.3 is 0 Å². The maximum absolute atomic E-state index is 12.8. The molecule has 142 valence electrons. The first-order chi connectivity index (χ1) is 12.8. The fraction of sp³-hybridized carbons (Fsp3) is 0.412. The van der Waals surface area contributed by atoms with E-state index in [1.165, 1.54) is 17.4 Å². The second kappa shape index (κ2) is 6.68. The third-order valence-corrected chi connectivity index (χ3v) is 6.83. The van der Waals surface area contributed by atoms with Gasteiger partial charge in [-0.1, -0.05) is 37.3 Å². The molecule has 2 aromatic rings. The number of aliphatic imine (C=N–C) groups is 1. The van der Waals surface area contributed by atoms with Gasteiger partial charge in [-0.3, -0.25) is 19.8 Å². The number of nitrogens with zero attached hydrogens (tertiary/aromatic N) is 3. The van der Waals surface area contributed by atoms with E-state index in [2.05, 4.69) is 25.2 Å². The molecule has 0 radical (unpaired) electrons. The molecule has 0 bridgehead atoms. The Kier molecular flexibility index (Phi) is 4.47. The first kappa shape index (κ1) is 18.1. The van der Waals surface area contributed by atoms with Gasteiger partial charge in [-0.25, -0.2) is 8.42 Å². The summed E-state index contributed by atoms with van der Waals surface area (Å²) in [5, 5.41) is 12.3. The third kappa shape index (κ3) is 3.59. The summed E-state index contributed by atoms with van der Waals surface area (Å²) in [7, 11) is -3.64. The molecular weight excluding hydrogens is 386 g/mol. The number of benzene rings is 1. The van der Waals surface area contributed by atoms with E-state index in [0.717, 1.165) is 17.8 Å². The Labute approximate surface area is 161 Å². The van der Waals surface area contributed by atoms with E-state index in [-0.39, 0.29) is 22.6 Å². The van der Waals surface area contributed by atoms with Crippen LogP contribution in [0.4, 0.5) is 5.13 Å². The lowest BCUT2D eigenvalue weighted by molar-refractivity contribution is -0.118. The predicted octanol–water partition coefficient (Wildman–Crippen LogP) is 2.12. The van der Waals surface area contributed by atoms with Crippen molar-refractivity contribution >= 4 is 38.2 Å². The predicted molar refractivity (Wildman–Crippen MR) is 102 cm³/mol. The number of aromatic nitrogens is 2. The smallest absolute Gasteiger partial charge is 0.263 e. The number of sulfonamides is 1. The number of fused-ring (bicyclic) bond motifs is 1. The molecule has 4 rings (SSSR count). The van der Waals surface area contributed by atoms with E-state index >= 15 is 0 Å². The summed E-state index contributed by atoms with van der Waals surface area (Å²) >= 11 is 1.38. The second-order valence-corrected chi connectivity index (χ2v) is 9.64. The van der Waals surface area contributed by atoms with Gasteiger partial charge < -0.3 is 0 Å². The summed E-state index contributed by atoms with van der Waals surface area (Å²) in [6.07, 6.45) is 2.23. The summed E-state index contributed by atoms with van der Waals surface area (Å²) in [6, 6.07) is 5.82. The van der Waals surface area contributed by atoms with Crippen molar-refractivity contribution in [2.45, 2.75) is 43.5 Å². The molecule has 27 heavy (non-hydrogen) atoms. The van der Waals surface area contributed by atoms with Gasteiger partial charge in [0.05, 0.1) is 4.90 Å². The van der Waals surface area contributed by atoms with Crippen molar-refractivity contribution in [1.82, 2.24) is 14.9 Å². The van der Waals surface area contributed by atoms with Crippen molar-refractivity contribution in [3.8, 4) is 0 Å². The zero-order valence-electron chi connectivity index (χ0n) is 14.8. The van der Waals surface area contributed by atoms with Crippen LogP contribution < -0.4 is 10.0 Å². The van der Waals surface area contributed by atoms with Crippen molar-refractivity contribution < 1.29 is 13.2 Å². The molecule has 1 aromatic carbocycles. The highest BCUT2D eigenvalue weighted by Gasteiger charge is 2.33. The van der Waals surface area contributed by atoms with Gasteiger partial charge in [0.25, 0.3) is 15.9 Å². The standard InChI is InChI=1S/C17H19N5O3S2/c1-9(2)13(15(23)19-17-21-20-16(26-17)10-7-8-10)18-14-11-5-3-4-6-12(11)27(24,25)22-14/h3-6,9-10,13H,7-8H2,1-2H3,(H,18,22)(H,19,21,23)/t13-/m0/s1. The van der Waals surface area contributed by atoms with E-state index in [9.17, 15) is 13.2 Å². The fourth-order valence-corrected chi connectivity index (χ4v) is 4.99. The molecule has 1 aliphatic carbocycles. The lowest BCUT2D eigenvalue weighted by Gasteiger charge is -2.16. The summed E-state index contributed by atoms with van der Waals surface area (Å²) < 4.78 is 26.9. The average molecular weight is 406 g/mol. The maximum atomic E-state index is 12.8. The zero-order valence-corrected chi connectivity index (χ0v) is 16.5. The molecule has 1 fully saturated rings. The van der Waals surface area contributed by atoms with Crippen molar-refractivity contribution in [1.29, 1.82) is 0 Å². The quantitative estimate of drug-likeness (QED) is 0.791. The SMILES string of the molecule is CC(C)[C@H](N=C1NS(=O)(=O)c2ccccc21)C(=O)Nc1nnc(C2CC2)s1. The summed E-state index contributed by atoms with van der Waals surface area (Å²) in [5.41, 5.74) is 0.475. The number of anilines is 1. The molecule has 2 aliphatic rings. The molecule has 1 aliphatic heterocycles. The molecule has 2 heterocycles. The maximum Gasteiger partial charge on any atom is 0.263 e. The van der Waals surface area contributed by atoms with Crippen LogP contribution in [0.25, 0.3) is 0 Å². The highest BCUT2D eigenvalue weighted by atomic mass is 32.2. The van der Waals surface area contributed by atoms with Crippen molar-refractivity contribution in [3.05, 3.63) is 34.8 Å². The number of nitrogens with one attached hydrogen (secondary N) is 2. The molecule has 1 amide bonds. The summed E-state index contributed by atoms with van der Waals surface area (Å²) in [4.78, 5) is 17.4. The van der Waals surface area contributed by atoms with Crippen LogP contribution in [0.2, 0.25) is 0 Å². The Morgan fingerprint density at radius 1 is 1.30 bits per heavy atom. The van der Waals surface area contributed by atoms with Crippen molar-refractivity contribution in [2.24, 2.45) is 10.9 Å². The van der Waals surface area contributed by atoms with Crippen LogP contribution in [-0.4, -0.2) is 36.4 Å². The Morgan fingerprint density at radius 2 is 2.04 bits per heavy atom. The molecule has 10 heteroatoms. The molecule has 2 N–H and O–H groups in total. The van der Waals surface area contributed by atoms with Crippen LogP contribution in [0.3, 0.4) is 0 Å². The number of amidine groups is 1. The number of hydrogen-bond acceptors (Lipinski definition) is 7. The molecule has 8 nitrogen and oxygen atoms in total. The van der Waals surface area contributed by atoms with Gasteiger partial charge in [0, 0.05) is 11.5 Å². The van der Waals surface area contributed by atoms with Gasteiger partial charge in [0.1, 0.15) is 16.9 Å². The lowest BCUT2D eigenvalue weighted by Crippen LogP contribution is -2.34. The van der Waals surface area contributed by atoms with Crippen molar-refractivity contribution in [2.75, 3.05) is 5.32 Å². The van der Waals surface area contributed by atoms with Crippen LogP contribution in [0.15, 0.2) is 34.2 Å². The van der Waals surface area contributed by atoms with E-state index in [0.29, 0.717) is 16.6 Å². The molecule has 0 unspecified atom stereocenters. The topological polar surface area (TPSA) is 113 Å². The van der Waals surface area contributed by atoms with E-state index in [1.807, 2.05) is 13.8 Å².